The highest BCUT2D eigenvalue weighted by Gasteiger charge is 2.48. The summed E-state index contributed by atoms with van der Waals surface area (Å²) in [4.78, 5) is 32.8. The van der Waals surface area contributed by atoms with Crippen LogP contribution in [0.4, 0.5) is 11.8 Å². The van der Waals surface area contributed by atoms with Crippen LogP contribution >= 0.6 is 0 Å². The van der Waals surface area contributed by atoms with Gasteiger partial charge in [-0.05, 0) is 37.1 Å². The summed E-state index contributed by atoms with van der Waals surface area (Å²) in [6.07, 6.45) is 2.14. The van der Waals surface area contributed by atoms with E-state index in [4.69, 9.17) is 25.3 Å². The molecule has 1 aliphatic heterocycles. The number of ether oxygens (including phenoxy) is 1. The number of pyridine rings is 1. The Morgan fingerprint density at radius 1 is 1.23 bits per heavy atom. The third kappa shape index (κ3) is 3.42. The quantitative estimate of drug-likeness (QED) is 0.632. The number of nitrogens with zero attached hydrogens (tertiary/aromatic N) is 4. The highest BCUT2D eigenvalue weighted by Crippen LogP contribution is 2.42. The standard InChI is InChI=1S/C21H22N6O3/c1-29-26-19(28)14-4-2-3-13(11-14)16-6-5-15-17(22)24-20(25-18(15)23-16)27-9-10-30-21(12-27)7-8-21/h2-6,11H,7-10,12H2,1H3,(H,26,28)(H2,22,23,24,25). The molecule has 1 aliphatic carbocycles. The van der Waals surface area contributed by atoms with Crippen molar-refractivity contribution in [2.45, 2.75) is 18.4 Å². The number of aromatic nitrogens is 3. The Labute approximate surface area is 173 Å². The summed E-state index contributed by atoms with van der Waals surface area (Å²) in [7, 11) is 1.40. The molecule has 3 heterocycles. The molecule has 0 radical (unpaired) electrons. The van der Waals surface area contributed by atoms with Crippen molar-refractivity contribution in [3.63, 3.8) is 0 Å². The minimum Gasteiger partial charge on any atom is -0.383 e. The first-order valence-corrected chi connectivity index (χ1v) is 9.84. The van der Waals surface area contributed by atoms with Crippen molar-refractivity contribution in [3.05, 3.63) is 42.0 Å². The second kappa shape index (κ2) is 7.19. The van der Waals surface area contributed by atoms with Crippen LogP contribution in [0.5, 0.6) is 0 Å². The second-order valence-corrected chi connectivity index (χ2v) is 7.65. The number of hydrogen-bond acceptors (Lipinski definition) is 8. The number of carbonyl (C=O) groups is 1. The normalized spacial score (nSPS) is 17.3. The zero-order chi connectivity index (χ0) is 20.7. The van der Waals surface area contributed by atoms with Crippen LogP contribution in [0.25, 0.3) is 22.3 Å². The predicted molar refractivity (Wildman–Crippen MR) is 112 cm³/mol. The number of nitrogens with one attached hydrogen (secondary N) is 1. The fraction of sp³-hybridized carbons (Fsp3) is 0.333. The molecule has 3 aromatic rings. The van der Waals surface area contributed by atoms with E-state index in [9.17, 15) is 4.79 Å². The van der Waals surface area contributed by atoms with Gasteiger partial charge in [0.05, 0.1) is 30.4 Å². The van der Waals surface area contributed by atoms with Crippen molar-refractivity contribution in [3.8, 4) is 11.3 Å². The Morgan fingerprint density at radius 2 is 2.10 bits per heavy atom. The van der Waals surface area contributed by atoms with Crippen molar-refractivity contribution >= 4 is 28.7 Å². The van der Waals surface area contributed by atoms with Crippen molar-refractivity contribution in [1.29, 1.82) is 0 Å². The van der Waals surface area contributed by atoms with Crippen LogP contribution in [-0.4, -0.2) is 53.3 Å². The molecule has 154 valence electrons. The van der Waals surface area contributed by atoms with E-state index in [1.807, 2.05) is 18.2 Å². The van der Waals surface area contributed by atoms with Gasteiger partial charge in [-0.3, -0.25) is 9.63 Å². The number of amides is 1. The first-order valence-electron chi connectivity index (χ1n) is 9.84. The molecule has 0 unspecified atom stereocenters. The molecule has 2 fully saturated rings. The lowest BCUT2D eigenvalue weighted by atomic mass is 10.1. The topological polar surface area (TPSA) is 115 Å². The Morgan fingerprint density at radius 3 is 2.90 bits per heavy atom. The van der Waals surface area contributed by atoms with Gasteiger partial charge in [0.2, 0.25) is 5.95 Å². The molecule has 30 heavy (non-hydrogen) atoms. The van der Waals surface area contributed by atoms with Crippen LogP contribution in [0.15, 0.2) is 36.4 Å². The summed E-state index contributed by atoms with van der Waals surface area (Å²) in [5.74, 6) is 0.654. The maximum absolute atomic E-state index is 12.1. The smallest absolute Gasteiger partial charge is 0.274 e. The van der Waals surface area contributed by atoms with Gasteiger partial charge in [-0.15, -0.1) is 0 Å². The zero-order valence-electron chi connectivity index (χ0n) is 16.6. The van der Waals surface area contributed by atoms with Crippen LogP contribution in [0.3, 0.4) is 0 Å². The van der Waals surface area contributed by atoms with Crippen molar-refractivity contribution in [2.24, 2.45) is 0 Å². The Bertz CT molecular complexity index is 1130. The molecule has 3 N–H and O–H groups in total. The number of nitrogens with two attached hydrogens (primary N) is 1. The van der Waals surface area contributed by atoms with Crippen molar-refractivity contribution in [2.75, 3.05) is 37.4 Å². The minimum atomic E-state index is -0.324. The van der Waals surface area contributed by atoms with Crippen LogP contribution in [-0.2, 0) is 9.57 Å². The number of hydrogen-bond donors (Lipinski definition) is 2. The highest BCUT2D eigenvalue weighted by molar-refractivity contribution is 5.95. The molecule has 1 aromatic carbocycles. The second-order valence-electron chi connectivity index (χ2n) is 7.65. The first-order chi connectivity index (χ1) is 14.6. The molecule has 5 rings (SSSR count). The molecular weight excluding hydrogens is 384 g/mol. The van der Waals surface area contributed by atoms with Crippen LogP contribution in [0.2, 0.25) is 0 Å². The van der Waals surface area contributed by atoms with Gasteiger partial charge in [0, 0.05) is 24.2 Å². The molecule has 2 aliphatic rings. The molecule has 0 bridgehead atoms. The lowest BCUT2D eigenvalue weighted by Crippen LogP contribution is -2.44. The summed E-state index contributed by atoms with van der Waals surface area (Å²) in [6, 6.07) is 10.9. The van der Waals surface area contributed by atoms with Gasteiger partial charge in [-0.1, -0.05) is 12.1 Å². The van der Waals surface area contributed by atoms with E-state index < -0.39 is 0 Å². The van der Waals surface area contributed by atoms with Crippen LogP contribution in [0, 0.1) is 0 Å². The average molecular weight is 406 g/mol. The number of fused-ring (bicyclic) bond motifs is 1. The predicted octanol–water partition coefficient (Wildman–Crippen LogP) is 1.93. The summed E-state index contributed by atoms with van der Waals surface area (Å²) >= 11 is 0. The maximum Gasteiger partial charge on any atom is 0.274 e. The van der Waals surface area contributed by atoms with E-state index >= 15 is 0 Å². The lowest BCUT2D eigenvalue weighted by Gasteiger charge is -2.33. The van der Waals surface area contributed by atoms with Gasteiger partial charge in [-0.25, -0.2) is 10.5 Å². The summed E-state index contributed by atoms with van der Waals surface area (Å²) in [5.41, 5.74) is 11.0. The van der Waals surface area contributed by atoms with Gasteiger partial charge in [0.25, 0.3) is 5.91 Å². The SMILES string of the molecule is CONC(=O)c1cccc(-c2ccc3c(N)nc(N4CCOC5(CC5)C4)nc3n2)c1. The number of nitrogen functional groups attached to an aromatic ring is 1. The zero-order valence-corrected chi connectivity index (χ0v) is 16.6. The van der Waals surface area contributed by atoms with E-state index in [0.29, 0.717) is 40.7 Å². The average Bonchev–Trinajstić information content (AvgIpc) is 3.51. The van der Waals surface area contributed by atoms with E-state index in [1.165, 1.54) is 7.11 Å². The number of anilines is 2. The lowest BCUT2D eigenvalue weighted by molar-refractivity contribution is 0.0201. The third-order valence-electron chi connectivity index (χ3n) is 5.53. The molecule has 1 saturated heterocycles. The van der Waals surface area contributed by atoms with E-state index in [2.05, 4.69) is 15.4 Å². The summed E-state index contributed by atoms with van der Waals surface area (Å²) in [5, 5.41) is 0.699. The molecular formula is C21H22N6O3. The summed E-state index contributed by atoms with van der Waals surface area (Å²) < 4.78 is 5.88. The van der Waals surface area contributed by atoms with E-state index in [1.54, 1.807) is 18.2 Å². The highest BCUT2D eigenvalue weighted by atomic mass is 16.6. The van der Waals surface area contributed by atoms with Gasteiger partial charge in [-0.2, -0.15) is 9.97 Å². The molecule has 1 spiro atoms. The Kier molecular flexibility index (Phi) is 4.48. The molecule has 1 amide bonds. The fourth-order valence-corrected chi connectivity index (χ4v) is 3.75. The van der Waals surface area contributed by atoms with E-state index in [-0.39, 0.29) is 11.5 Å². The molecule has 2 aromatic heterocycles. The Balaban J connectivity index is 1.50. The van der Waals surface area contributed by atoms with Crippen molar-refractivity contribution in [1.82, 2.24) is 20.4 Å². The van der Waals surface area contributed by atoms with Gasteiger partial charge >= 0.3 is 0 Å². The minimum absolute atomic E-state index is 0.0379. The number of hydroxylamine groups is 1. The van der Waals surface area contributed by atoms with Gasteiger partial charge in [0.15, 0.2) is 5.65 Å². The van der Waals surface area contributed by atoms with Gasteiger partial charge in [0.1, 0.15) is 5.82 Å². The van der Waals surface area contributed by atoms with Gasteiger partial charge < -0.3 is 15.4 Å². The molecule has 9 nitrogen and oxygen atoms in total. The Hall–Kier alpha value is -3.30. The number of benzene rings is 1. The fourth-order valence-electron chi connectivity index (χ4n) is 3.75. The summed E-state index contributed by atoms with van der Waals surface area (Å²) in [6.45, 7) is 2.16. The number of morpholine rings is 1. The van der Waals surface area contributed by atoms with E-state index in [0.717, 1.165) is 31.5 Å². The molecule has 9 heteroatoms. The van der Waals surface area contributed by atoms with Crippen LogP contribution < -0.4 is 16.1 Å². The molecule has 1 saturated carbocycles. The largest absolute Gasteiger partial charge is 0.383 e. The first kappa shape index (κ1) is 18.7. The number of carbonyl (C=O) groups excluding carboxylic acids is 1. The van der Waals surface area contributed by atoms with Crippen LogP contribution in [0.1, 0.15) is 23.2 Å². The maximum atomic E-state index is 12.1. The third-order valence-corrected chi connectivity index (χ3v) is 5.53. The monoisotopic (exact) mass is 406 g/mol. The molecule has 0 atom stereocenters. The van der Waals surface area contributed by atoms with Crippen molar-refractivity contribution < 1.29 is 14.4 Å². The number of rotatable bonds is 4.